The van der Waals surface area contributed by atoms with Crippen LogP contribution < -0.4 is 0 Å². The van der Waals surface area contributed by atoms with E-state index in [-0.39, 0.29) is 10.8 Å². The van der Waals surface area contributed by atoms with E-state index in [2.05, 4.69) is 78.6 Å². The van der Waals surface area contributed by atoms with Crippen LogP contribution in [0.2, 0.25) is 0 Å². The minimum absolute atomic E-state index is 0.215. The molecule has 1 nitrogen and oxygen atoms in total. The first-order chi connectivity index (χ1) is 10.0. The molecule has 0 aliphatic carbocycles. The van der Waals surface area contributed by atoms with E-state index < -0.39 is 0 Å². The topological polar surface area (TPSA) is 3.24 Å². The fourth-order valence-corrected chi connectivity index (χ4v) is 4.53. The number of fused-ring (bicyclic) bond motifs is 1. The van der Waals surface area contributed by atoms with Crippen molar-refractivity contribution in [2.75, 3.05) is 13.6 Å². The molecule has 22 heavy (non-hydrogen) atoms. The quantitative estimate of drug-likeness (QED) is 0.628. The van der Waals surface area contributed by atoms with Crippen molar-refractivity contribution in [2.45, 2.75) is 78.2 Å². The summed E-state index contributed by atoms with van der Waals surface area (Å²) in [5.74, 6) is 0.720. The molecule has 0 spiro atoms. The van der Waals surface area contributed by atoms with Gasteiger partial charge in [0.15, 0.2) is 0 Å². The molecule has 2 unspecified atom stereocenters. The maximum absolute atomic E-state index is 2.56. The number of benzene rings is 1. The Morgan fingerprint density at radius 2 is 1.55 bits per heavy atom. The summed E-state index contributed by atoms with van der Waals surface area (Å²) in [6.45, 7) is 17.9. The number of rotatable bonds is 0. The Hall–Kier alpha value is -0.820. The van der Waals surface area contributed by atoms with E-state index in [1.807, 2.05) is 0 Å². The van der Waals surface area contributed by atoms with E-state index in [4.69, 9.17) is 0 Å². The lowest BCUT2D eigenvalue weighted by Crippen LogP contribution is -2.41. The van der Waals surface area contributed by atoms with Gasteiger partial charge in [-0.2, -0.15) is 0 Å². The SMILES string of the molecule is Cc1ccc2c(c1)C(C)(C)CC(C)N(C)CC(C)CC2(C)C. The Kier molecular flexibility index (Phi) is 4.78. The molecule has 1 aliphatic heterocycles. The molecule has 0 N–H and O–H groups in total. The number of aryl methyl sites for hydroxylation is 1. The fraction of sp³-hybridized carbons (Fsp3) is 0.714. The van der Waals surface area contributed by atoms with E-state index in [9.17, 15) is 0 Å². The second-order valence-electron chi connectivity index (χ2n) is 9.12. The molecule has 1 heterocycles. The molecular formula is C21H35N. The van der Waals surface area contributed by atoms with Crippen molar-refractivity contribution in [1.82, 2.24) is 4.90 Å². The molecule has 2 atom stereocenters. The highest BCUT2D eigenvalue weighted by Gasteiger charge is 2.35. The lowest BCUT2D eigenvalue weighted by atomic mass is 9.67. The van der Waals surface area contributed by atoms with Crippen molar-refractivity contribution >= 4 is 0 Å². The summed E-state index contributed by atoms with van der Waals surface area (Å²) in [4.78, 5) is 2.56. The van der Waals surface area contributed by atoms with Gasteiger partial charge in [-0.1, -0.05) is 58.4 Å². The minimum atomic E-state index is 0.215. The van der Waals surface area contributed by atoms with Crippen molar-refractivity contribution in [2.24, 2.45) is 5.92 Å². The average Bonchev–Trinajstić information content (AvgIpc) is 2.35. The number of hydrogen-bond acceptors (Lipinski definition) is 1. The van der Waals surface area contributed by atoms with Gasteiger partial charge in [-0.3, -0.25) is 0 Å². The Bertz CT molecular complexity index is 527. The van der Waals surface area contributed by atoms with Crippen LogP contribution >= 0.6 is 0 Å². The van der Waals surface area contributed by atoms with Crippen LogP contribution in [-0.2, 0) is 10.8 Å². The third-order valence-corrected chi connectivity index (χ3v) is 5.65. The Morgan fingerprint density at radius 3 is 2.18 bits per heavy atom. The van der Waals surface area contributed by atoms with Crippen LogP contribution in [0.4, 0.5) is 0 Å². The Balaban J connectivity index is 2.59. The first kappa shape index (κ1) is 17.5. The van der Waals surface area contributed by atoms with Gasteiger partial charge in [0.25, 0.3) is 0 Å². The van der Waals surface area contributed by atoms with Crippen molar-refractivity contribution in [3.63, 3.8) is 0 Å². The third kappa shape index (κ3) is 3.56. The van der Waals surface area contributed by atoms with Crippen molar-refractivity contribution < 1.29 is 0 Å². The van der Waals surface area contributed by atoms with Crippen LogP contribution in [0.25, 0.3) is 0 Å². The van der Waals surface area contributed by atoms with Crippen LogP contribution in [0.15, 0.2) is 18.2 Å². The van der Waals surface area contributed by atoms with Gasteiger partial charge in [-0.25, -0.2) is 0 Å². The van der Waals surface area contributed by atoms with Gasteiger partial charge in [0, 0.05) is 12.6 Å². The molecule has 1 heteroatoms. The first-order valence-corrected chi connectivity index (χ1v) is 8.85. The number of nitrogens with zero attached hydrogens (tertiary/aromatic N) is 1. The molecule has 124 valence electrons. The molecule has 0 saturated carbocycles. The van der Waals surface area contributed by atoms with Crippen LogP contribution in [0, 0.1) is 12.8 Å². The maximum Gasteiger partial charge on any atom is 0.00722 e. The van der Waals surface area contributed by atoms with E-state index in [0.29, 0.717) is 6.04 Å². The summed E-state index contributed by atoms with van der Waals surface area (Å²) in [6, 6.07) is 7.75. The summed E-state index contributed by atoms with van der Waals surface area (Å²) < 4.78 is 0. The van der Waals surface area contributed by atoms with Gasteiger partial charge in [0.2, 0.25) is 0 Å². The van der Waals surface area contributed by atoms with Gasteiger partial charge >= 0.3 is 0 Å². The highest BCUT2D eigenvalue weighted by molar-refractivity contribution is 5.41. The second-order valence-corrected chi connectivity index (χ2v) is 9.12. The third-order valence-electron chi connectivity index (χ3n) is 5.65. The molecule has 0 amide bonds. The van der Waals surface area contributed by atoms with Crippen molar-refractivity contribution in [1.29, 1.82) is 0 Å². The zero-order valence-corrected chi connectivity index (χ0v) is 16.0. The molecule has 1 aliphatic rings. The monoisotopic (exact) mass is 301 g/mol. The van der Waals surface area contributed by atoms with Crippen LogP contribution in [0.1, 0.15) is 71.1 Å². The average molecular weight is 302 g/mol. The van der Waals surface area contributed by atoms with E-state index in [1.54, 1.807) is 11.1 Å². The van der Waals surface area contributed by atoms with E-state index in [0.717, 1.165) is 5.92 Å². The predicted molar refractivity (Wildman–Crippen MR) is 97.7 cm³/mol. The summed E-state index contributed by atoms with van der Waals surface area (Å²) in [7, 11) is 2.29. The molecule has 0 aromatic heterocycles. The van der Waals surface area contributed by atoms with E-state index >= 15 is 0 Å². The summed E-state index contributed by atoms with van der Waals surface area (Å²) in [6.07, 6.45) is 2.46. The lowest BCUT2D eigenvalue weighted by Gasteiger charge is -2.42. The summed E-state index contributed by atoms with van der Waals surface area (Å²) in [5.41, 5.74) is 4.96. The Morgan fingerprint density at radius 1 is 0.955 bits per heavy atom. The predicted octanol–water partition coefficient (Wildman–Crippen LogP) is 5.30. The number of hydrogen-bond donors (Lipinski definition) is 0. The van der Waals surface area contributed by atoms with Gasteiger partial charge in [0.1, 0.15) is 0 Å². The molecule has 0 saturated heterocycles. The van der Waals surface area contributed by atoms with Gasteiger partial charge in [-0.15, -0.1) is 0 Å². The molecule has 2 rings (SSSR count). The summed E-state index contributed by atoms with van der Waals surface area (Å²) >= 11 is 0. The van der Waals surface area contributed by atoms with Crippen LogP contribution in [-0.4, -0.2) is 24.5 Å². The fourth-order valence-electron chi connectivity index (χ4n) is 4.53. The second kappa shape index (κ2) is 6.00. The standard InChI is InChI=1S/C21H35N/c1-15-9-10-18-19(11-15)21(6,7)13-17(3)22(8)14-16(2)12-20(18,4)5/h9-11,16-17H,12-14H2,1-8H3. The van der Waals surface area contributed by atoms with Gasteiger partial charge in [-0.05, 0) is 61.6 Å². The normalized spacial score (nSPS) is 28.9. The molecule has 0 bridgehead atoms. The molecule has 1 aromatic carbocycles. The first-order valence-electron chi connectivity index (χ1n) is 8.85. The highest BCUT2D eigenvalue weighted by Crippen LogP contribution is 2.41. The molecule has 0 fully saturated rings. The van der Waals surface area contributed by atoms with Crippen molar-refractivity contribution in [3.05, 3.63) is 34.9 Å². The highest BCUT2D eigenvalue weighted by atomic mass is 15.1. The molecule has 0 radical (unpaired) electrons. The zero-order valence-electron chi connectivity index (χ0n) is 16.0. The smallest absolute Gasteiger partial charge is 0.00722 e. The van der Waals surface area contributed by atoms with Crippen LogP contribution in [0.3, 0.4) is 0 Å². The van der Waals surface area contributed by atoms with Gasteiger partial charge < -0.3 is 4.90 Å². The lowest BCUT2D eigenvalue weighted by molar-refractivity contribution is 0.171. The Labute approximate surface area is 138 Å². The minimum Gasteiger partial charge on any atom is -0.303 e. The van der Waals surface area contributed by atoms with E-state index in [1.165, 1.54) is 24.9 Å². The molecule has 1 aromatic rings. The van der Waals surface area contributed by atoms with Crippen LogP contribution in [0.5, 0.6) is 0 Å². The zero-order chi connectivity index (χ0) is 16.7. The largest absolute Gasteiger partial charge is 0.303 e. The molecular weight excluding hydrogens is 266 g/mol. The van der Waals surface area contributed by atoms with Gasteiger partial charge in [0.05, 0.1) is 0 Å². The maximum atomic E-state index is 2.56. The summed E-state index contributed by atoms with van der Waals surface area (Å²) in [5, 5.41) is 0. The van der Waals surface area contributed by atoms with Crippen molar-refractivity contribution in [3.8, 4) is 0 Å².